The number of rotatable bonds is 9. The van der Waals surface area contributed by atoms with Gasteiger partial charge in [-0.2, -0.15) is 0 Å². The summed E-state index contributed by atoms with van der Waals surface area (Å²) < 4.78 is 12.2. The fourth-order valence-electron chi connectivity index (χ4n) is 2.13. The van der Waals surface area contributed by atoms with Crippen LogP contribution in [-0.2, 0) is 13.1 Å². The first-order valence-corrected chi connectivity index (χ1v) is 8.81. The van der Waals surface area contributed by atoms with Gasteiger partial charge in [-0.15, -0.1) is 0 Å². The number of aromatic nitrogens is 1. The predicted octanol–water partition coefficient (Wildman–Crippen LogP) is 4.75. The number of nitrogens with zero attached hydrogens (tertiary/aromatic N) is 1. The molecule has 1 N–H and O–H groups in total. The standard InChI is InChI=1S/C18H20BrClN2O2/c1-3-7-24-18-15(19)8-14(9-16(18)23-4-2)11-21-10-13-5-6-17(20)22-12-13/h3,5-6,8-9,12,21H,1,4,7,10-11H2,2H3. The molecule has 0 atom stereocenters. The topological polar surface area (TPSA) is 43.4 Å². The highest BCUT2D eigenvalue weighted by Gasteiger charge is 2.12. The van der Waals surface area contributed by atoms with Gasteiger partial charge in [0.05, 0.1) is 11.1 Å². The molecule has 1 aromatic heterocycles. The number of hydrogen-bond acceptors (Lipinski definition) is 4. The number of ether oxygens (including phenoxy) is 2. The Morgan fingerprint density at radius 1 is 1.25 bits per heavy atom. The van der Waals surface area contributed by atoms with Gasteiger partial charge in [-0.1, -0.05) is 30.3 Å². The molecule has 6 heteroatoms. The average Bonchev–Trinajstić information content (AvgIpc) is 2.56. The highest BCUT2D eigenvalue weighted by molar-refractivity contribution is 9.10. The number of nitrogens with one attached hydrogen (secondary N) is 1. The van der Waals surface area contributed by atoms with E-state index in [1.165, 1.54) is 0 Å². The molecule has 0 saturated carbocycles. The fraction of sp³-hybridized carbons (Fsp3) is 0.278. The van der Waals surface area contributed by atoms with E-state index in [-0.39, 0.29) is 0 Å². The molecule has 128 valence electrons. The molecule has 2 rings (SSSR count). The van der Waals surface area contributed by atoms with Gasteiger partial charge in [0.25, 0.3) is 0 Å². The summed E-state index contributed by atoms with van der Waals surface area (Å²) in [7, 11) is 0. The summed E-state index contributed by atoms with van der Waals surface area (Å²) >= 11 is 9.34. The summed E-state index contributed by atoms with van der Waals surface area (Å²) in [5.41, 5.74) is 2.17. The van der Waals surface area contributed by atoms with E-state index in [4.69, 9.17) is 21.1 Å². The Kier molecular flexibility index (Phi) is 7.56. The van der Waals surface area contributed by atoms with Crippen molar-refractivity contribution < 1.29 is 9.47 Å². The maximum Gasteiger partial charge on any atom is 0.175 e. The van der Waals surface area contributed by atoms with Gasteiger partial charge < -0.3 is 14.8 Å². The van der Waals surface area contributed by atoms with Crippen LogP contribution in [0.3, 0.4) is 0 Å². The van der Waals surface area contributed by atoms with E-state index in [0.29, 0.717) is 37.2 Å². The number of pyridine rings is 1. The zero-order valence-electron chi connectivity index (χ0n) is 13.5. The lowest BCUT2D eigenvalue weighted by atomic mass is 10.2. The maximum absolute atomic E-state index is 5.79. The van der Waals surface area contributed by atoms with Crippen LogP contribution < -0.4 is 14.8 Å². The lowest BCUT2D eigenvalue weighted by Gasteiger charge is -2.15. The van der Waals surface area contributed by atoms with E-state index >= 15 is 0 Å². The van der Waals surface area contributed by atoms with E-state index in [9.17, 15) is 0 Å². The zero-order chi connectivity index (χ0) is 17.4. The molecule has 24 heavy (non-hydrogen) atoms. The monoisotopic (exact) mass is 410 g/mol. The molecular formula is C18H20BrClN2O2. The Morgan fingerprint density at radius 3 is 2.71 bits per heavy atom. The summed E-state index contributed by atoms with van der Waals surface area (Å²) in [5.74, 6) is 1.42. The van der Waals surface area contributed by atoms with Crippen LogP contribution in [0.1, 0.15) is 18.1 Å². The summed E-state index contributed by atoms with van der Waals surface area (Å²) in [6, 6.07) is 7.75. The van der Waals surface area contributed by atoms with Crippen molar-refractivity contribution in [1.29, 1.82) is 0 Å². The molecule has 0 bridgehead atoms. The molecule has 1 heterocycles. The van der Waals surface area contributed by atoms with Crippen LogP contribution in [0.15, 0.2) is 47.6 Å². The van der Waals surface area contributed by atoms with Gasteiger partial charge in [-0.05, 0) is 52.2 Å². The lowest BCUT2D eigenvalue weighted by Crippen LogP contribution is -2.13. The van der Waals surface area contributed by atoms with Gasteiger partial charge in [0.15, 0.2) is 11.5 Å². The maximum atomic E-state index is 5.79. The van der Waals surface area contributed by atoms with Crippen LogP contribution in [0.2, 0.25) is 5.15 Å². The third kappa shape index (κ3) is 5.51. The van der Waals surface area contributed by atoms with Gasteiger partial charge in [0.2, 0.25) is 0 Å². The molecule has 2 aromatic rings. The quantitative estimate of drug-likeness (QED) is 0.477. The van der Waals surface area contributed by atoms with Crippen LogP contribution in [0.5, 0.6) is 11.5 Å². The molecule has 0 unspecified atom stereocenters. The van der Waals surface area contributed by atoms with Crippen molar-refractivity contribution in [3.63, 3.8) is 0 Å². The van der Waals surface area contributed by atoms with Gasteiger partial charge in [-0.25, -0.2) is 4.98 Å². The van der Waals surface area contributed by atoms with Crippen molar-refractivity contribution in [2.45, 2.75) is 20.0 Å². The molecule has 0 aliphatic rings. The first kappa shape index (κ1) is 18.8. The van der Waals surface area contributed by atoms with Crippen molar-refractivity contribution in [3.8, 4) is 11.5 Å². The van der Waals surface area contributed by atoms with E-state index in [2.05, 4.69) is 32.8 Å². The second-order valence-corrected chi connectivity index (χ2v) is 6.27. The highest BCUT2D eigenvalue weighted by atomic mass is 79.9. The van der Waals surface area contributed by atoms with Crippen molar-refractivity contribution in [3.05, 3.63) is 63.9 Å². The third-order valence-corrected chi connectivity index (χ3v) is 3.97. The van der Waals surface area contributed by atoms with Gasteiger partial charge in [0, 0.05) is 19.3 Å². The minimum Gasteiger partial charge on any atom is -0.490 e. The smallest absolute Gasteiger partial charge is 0.175 e. The van der Waals surface area contributed by atoms with E-state index < -0.39 is 0 Å². The molecule has 4 nitrogen and oxygen atoms in total. The third-order valence-electron chi connectivity index (χ3n) is 3.16. The van der Waals surface area contributed by atoms with Crippen molar-refractivity contribution in [2.75, 3.05) is 13.2 Å². The zero-order valence-corrected chi connectivity index (χ0v) is 15.9. The van der Waals surface area contributed by atoms with Crippen molar-refractivity contribution in [2.24, 2.45) is 0 Å². The second-order valence-electron chi connectivity index (χ2n) is 5.03. The fourth-order valence-corrected chi connectivity index (χ4v) is 2.85. The SMILES string of the molecule is C=CCOc1c(Br)cc(CNCc2ccc(Cl)nc2)cc1OCC. The van der Waals surface area contributed by atoms with Crippen LogP contribution in [-0.4, -0.2) is 18.2 Å². The molecule has 0 fully saturated rings. The largest absolute Gasteiger partial charge is 0.490 e. The molecule has 1 aromatic carbocycles. The van der Waals surface area contributed by atoms with Crippen LogP contribution >= 0.6 is 27.5 Å². The molecule has 0 aliphatic heterocycles. The average molecular weight is 412 g/mol. The first-order chi connectivity index (χ1) is 11.6. The van der Waals surface area contributed by atoms with Crippen LogP contribution in [0, 0.1) is 0 Å². The number of benzene rings is 1. The Bertz CT molecular complexity index is 677. The summed E-state index contributed by atoms with van der Waals surface area (Å²) in [6.45, 7) is 8.03. The number of halogens is 2. The molecule has 0 saturated heterocycles. The Balaban J connectivity index is 2.03. The number of hydrogen-bond donors (Lipinski definition) is 1. The molecular weight excluding hydrogens is 392 g/mol. The normalized spacial score (nSPS) is 10.5. The van der Waals surface area contributed by atoms with Gasteiger partial charge >= 0.3 is 0 Å². The van der Waals surface area contributed by atoms with Gasteiger partial charge in [0.1, 0.15) is 11.8 Å². The second kappa shape index (κ2) is 9.67. The molecule has 0 radical (unpaired) electrons. The van der Waals surface area contributed by atoms with E-state index in [1.54, 1.807) is 18.3 Å². The van der Waals surface area contributed by atoms with E-state index in [1.807, 2.05) is 25.1 Å². The van der Waals surface area contributed by atoms with Crippen LogP contribution in [0.25, 0.3) is 0 Å². The van der Waals surface area contributed by atoms with Crippen LogP contribution in [0.4, 0.5) is 0 Å². The predicted molar refractivity (Wildman–Crippen MR) is 101 cm³/mol. The Hall–Kier alpha value is -1.56. The Morgan fingerprint density at radius 2 is 2.04 bits per heavy atom. The van der Waals surface area contributed by atoms with Gasteiger partial charge in [-0.3, -0.25) is 0 Å². The Labute approximate surface area is 156 Å². The minimum atomic E-state index is 0.430. The minimum absolute atomic E-state index is 0.430. The molecule has 0 spiro atoms. The molecule has 0 amide bonds. The summed E-state index contributed by atoms with van der Waals surface area (Å²) in [6.07, 6.45) is 3.47. The van der Waals surface area contributed by atoms with Crippen molar-refractivity contribution in [1.82, 2.24) is 10.3 Å². The van der Waals surface area contributed by atoms with Crippen molar-refractivity contribution >= 4 is 27.5 Å². The summed E-state index contributed by atoms with van der Waals surface area (Å²) in [5, 5.41) is 3.88. The first-order valence-electron chi connectivity index (χ1n) is 7.64. The highest BCUT2D eigenvalue weighted by Crippen LogP contribution is 2.37. The summed E-state index contributed by atoms with van der Waals surface area (Å²) in [4.78, 5) is 4.07. The molecule has 0 aliphatic carbocycles. The van der Waals surface area contributed by atoms with E-state index in [0.717, 1.165) is 21.3 Å². The lowest BCUT2D eigenvalue weighted by molar-refractivity contribution is 0.295.